The van der Waals surface area contributed by atoms with Crippen LogP contribution in [0.4, 0.5) is 0 Å². The summed E-state index contributed by atoms with van der Waals surface area (Å²) in [6.07, 6.45) is 0. The summed E-state index contributed by atoms with van der Waals surface area (Å²) in [5, 5.41) is 0. The van der Waals surface area contributed by atoms with Crippen molar-refractivity contribution >= 4 is 5.97 Å². The van der Waals surface area contributed by atoms with E-state index in [1.54, 1.807) is 6.92 Å². The lowest BCUT2D eigenvalue weighted by Crippen LogP contribution is -2.50. The summed E-state index contributed by atoms with van der Waals surface area (Å²) in [7, 11) is 1.92. The Labute approximate surface area is 109 Å². The molecule has 0 N–H and O–H groups in total. The SMILES string of the molecule is C=C(C)C(=O)O[N+](C)(Cc1ccccc1)C(C)C. The van der Waals surface area contributed by atoms with Gasteiger partial charge in [-0.2, -0.15) is 0 Å². The highest BCUT2D eigenvalue weighted by Gasteiger charge is 2.32. The van der Waals surface area contributed by atoms with Gasteiger partial charge < -0.3 is 0 Å². The Morgan fingerprint density at radius 2 is 1.89 bits per heavy atom. The van der Waals surface area contributed by atoms with E-state index in [0.717, 1.165) is 5.56 Å². The van der Waals surface area contributed by atoms with Crippen LogP contribution >= 0.6 is 0 Å². The van der Waals surface area contributed by atoms with Crippen LogP contribution < -0.4 is 0 Å². The zero-order chi connectivity index (χ0) is 13.8. The van der Waals surface area contributed by atoms with Crippen LogP contribution in [0, 0.1) is 0 Å². The van der Waals surface area contributed by atoms with Gasteiger partial charge in [0.2, 0.25) is 0 Å². The van der Waals surface area contributed by atoms with Gasteiger partial charge in [-0.05, 0) is 20.8 Å². The summed E-state index contributed by atoms with van der Waals surface area (Å²) in [5.74, 6) is -0.345. The number of carbonyl (C=O) groups excluding carboxylic acids is 1. The Bertz CT molecular complexity index is 425. The van der Waals surface area contributed by atoms with Crippen molar-refractivity contribution in [2.75, 3.05) is 7.05 Å². The van der Waals surface area contributed by atoms with Crippen molar-refractivity contribution in [3.63, 3.8) is 0 Å². The third-order valence-electron chi connectivity index (χ3n) is 3.07. The summed E-state index contributed by atoms with van der Waals surface area (Å²) in [4.78, 5) is 17.3. The molecule has 0 aromatic heterocycles. The van der Waals surface area contributed by atoms with Gasteiger partial charge in [-0.15, -0.1) is 4.65 Å². The Morgan fingerprint density at radius 1 is 1.33 bits per heavy atom. The number of quaternary nitrogens is 1. The predicted molar refractivity (Wildman–Crippen MR) is 72.4 cm³/mol. The quantitative estimate of drug-likeness (QED) is 0.455. The fourth-order valence-corrected chi connectivity index (χ4v) is 1.53. The molecule has 1 aromatic rings. The van der Waals surface area contributed by atoms with Gasteiger partial charge in [-0.1, -0.05) is 36.9 Å². The average molecular weight is 248 g/mol. The second kappa shape index (κ2) is 5.83. The number of hydroxylamine groups is 3. The van der Waals surface area contributed by atoms with Crippen LogP contribution in [0.25, 0.3) is 0 Å². The van der Waals surface area contributed by atoms with Crippen molar-refractivity contribution in [1.29, 1.82) is 0 Å². The third-order valence-corrected chi connectivity index (χ3v) is 3.07. The number of hydrogen-bond acceptors (Lipinski definition) is 2. The first kappa shape index (κ1) is 14.5. The molecular formula is C15H22NO2+. The summed E-state index contributed by atoms with van der Waals surface area (Å²) in [6, 6.07) is 10.2. The van der Waals surface area contributed by atoms with Crippen LogP contribution in [-0.2, 0) is 16.2 Å². The maximum atomic E-state index is 11.7. The fraction of sp³-hybridized carbons (Fsp3) is 0.400. The number of nitrogens with zero attached hydrogens (tertiary/aromatic N) is 1. The van der Waals surface area contributed by atoms with Gasteiger partial charge in [0, 0.05) is 11.1 Å². The van der Waals surface area contributed by atoms with Crippen LogP contribution in [0.15, 0.2) is 42.5 Å². The summed E-state index contributed by atoms with van der Waals surface area (Å²) in [5.41, 5.74) is 1.57. The van der Waals surface area contributed by atoms with Gasteiger partial charge in [0.25, 0.3) is 0 Å². The smallest absolute Gasteiger partial charge is 0.271 e. The minimum atomic E-state index is -0.345. The molecule has 0 amide bonds. The average Bonchev–Trinajstić information content (AvgIpc) is 2.29. The lowest BCUT2D eigenvalue weighted by atomic mass is 10.2. The number of hydrogen-bond donors (Lipinski definition) is 0. The first-order valence-electron chi connectivity index (χ1n) is 6.13. The maximum absolute atomic E-state index is 11.7. The highest BCUT2D eigenvalue weighted by molar-refractivity contribution is 5.86. The number of carbonyl (C=O) groups is 1. The van der Waals surface area contributed by atoms with Crippen molar-refractivity contribution in [1.82, 2.24) is 0 Å². The van der Waals surface area contributed by atoms with Crippen molar-refractivity contribution < 1.29 is 14.3 Å². The van der Waals surface area contributed by atoms with E-state index in [0.29, 0.717) is 12.1 Å². The summed E-state index contributed by atoms with van der Waals surface area (Å²) >= 11 is 0. The zero-order valence-electron chi connectivity index (χ0n) is 11.6. The lowest BCUT2D eigenvalue weighted by molar-refractivity contribution is -1.10. The van der Waals surface area contributed by atoms with E-state index in [2.05, 4.69) is 6.58 Å². The van der Waals surface area contributed by atoms with Gasteiger partial charge >= 0.3 is 5.97 Å². The molecule has 0 saturated carbocycles. The molecule has 3 heteroatoms. The predicted octanol–water partition coefficient (Wildman–Crippen LogP) is 3.08. The fourth-order valence-electron chi connectivity index (χ4n) is 1.53. The molecule has 3 nitrogen and oxygen atoms in total. The van der Waals surface area contributed by atoms with E-state index >= 15 is 0 Å². The molecule has 0 aliphatic rings. The summed E-state index contributed by atoms with van der Waals surface area (Å²) in [6.45, 7) is 10.0. The van der Waals surface area contributed by atoms with Gasteiger partial charge in [-0.25, -0.2) is 4.79 Å². The Hall–Kier alpha value is -1.61. The zero-order valence-corrected chi connectivity index (χ0v) is 11.6. The normalized spacial score (nSPS) is 14.1. The first-order valence-corrected chi connectivity index (χ1v) is 6.13. The molecule has 1 atom stereocenters. The van der Waals surface area contributed by atoms with E-state index in [4.69, 9.17) is 4.84 Å². The molecule has 0 saturated heterocycles. The molecule has 1 rings (SSSR count). The van der Waals surface area contributed by atoms with Crippen molar-refractivity contribution in [3.8, 4) is 0 Å². The minimum Gasteiger partial charge on any atom is -0.271 e. The monoisotopic (exact) mass is 248 g/mol. The molecular weight excluding hydrogens is 226 g/mol. The second-order valence-electron chi connectivity index (χ2n) is 5.07. The Balaban J connectivity index is 2.87. The van der Waals surface area contributed by atoms with Crippen LogP contribution in [0.1, 0.15) is 26.3 Å². The Morgan fingerprint density at radius 3 is 2.33 bits per heavy atom. The largest absolute Gasteiger partial charge is 0.392 e. The maximum Gasteiger partial charge on any atom is 0.392 e. The molecule has 0 aliphatic carbocycles. The van der Waals surface area contributed by atoms with Gasteiger partial charge in [-0.3, -0.25) is 4.84 Å². The first-order chi connectivity index (χ1) is 8.35. The van der Waals surface area contributed by atoms with Crippen LogP contribution in [0.5, 0.6) is 0 Å². The van der Waals surface area contributed by atoms with Crippen molar-refractivity contribution in [3.05, 3.63) is 48.0 Å². The molecule has 0 fully saturated rings. The minimum absolute atomic E-state index is 0.175. The molecule has 18 heavy (non-hydrogen) atoms. The van der Waals surface area contributed by atoms with E-state index in [1.807, 2.05) is 51.2 Å². The molecule has 0 aliphatic heterocycles. The van der Waals surface area contributed by atoms with E-state index < -0.39 is 0 Å². The topological polar surface area (TPSA) is 26.3 Å². The molecule has 0 heterocycles. The number of benzene rings is 1. The van der Waals surface area contributed by atoms with Crippen LogP contribution in [0.2, 0.25) is 0 Å². The van der Waals surface area contributed by atoms with Gasteiger partial charge in [0.15, 0.2) is 0 Å². The van der Waals surface area contributed by atoms with Crippen LogP contribution in [-0.4, -0.2) is 23.7 Å². The van der Waals surface area contributed by atoms with Crippen LogP contribution in [0.3, 0.4) is 0 Å². The molecule has 0 bridgehead atoms. The van der Waals surface area contributed by atoms with Gasteiger partial charge in [0.05, 0.1) is 0 Å². The van der Waals surface area contributed by atoms with E-state index in [9.17, 15) is 4.79 Å². The van der Waals surface area contributed by atoms with Crippen molar-refractivity contribution in [2.45, 2.75) is 33.4 Å². The molecule has 1 aromatic carbocycles. The lowest BCUT2D eigenvalue weighted by Gasteiger charge is -2.34. The molecule has 1 unspecified atom stereocenters. The molecule has 98 valence electrons. The van der Waals surface area contributed by atoms with E-state index in [-0.39, 0.29) is 16.7 Å². The highest BCUT2D eigenvalue weighted by Crippen LogP contribution is 2.18. The number of rotatable bonds is 5. The summed E-state index contributed by atoms with van der Waals surface area (Å²) < 4.78 is 0.218. The molecule has 0 radical (unpaired) electrons. The Kier molecular flexibility index (Phi) is 4.68. The highest BCUT2D eigenvalue weighted by atomic mass is 16.7. The standard InChI is InChI=1S/C15H22NO2/c1-12(2)15(17)18-16(5,13(3)4)11-14-9-7-6-8-10-14/h6-10,13H,1,11H2,2-5H3/q+1. The van der Waals surface area contributed by atoms with Crippen molar-refractivity contribution in [2.24, 2.45) is 0 Å². The second-order valence-corrected chi connectivity index (χ2v) is 5.07. The molecule has 0 spiro atoms. The van der Waals surface area contributed by atoms with Gasteiger partial charge in [0.1, 0.15) is 19.6 Å². The van der Waals surface area contributed by atoms with E-state index in [1.165, 1.54) is 0 Å². The third kappa shape index (κ3) is 3.70.